The van der Waals surface area contributed by atoms with E-state index in [1.807, 2.05) is 31.2 Å². The zero-order valence-corrected chi connectivity index (χ0v) is 18.8. The molecule has 1 N–H and O–H groups in total. The molecular formula is C24H33ClN2O3. The fraction of sp³-hybridized carbons (Fsp3) is 0.500. The van der Waals surface area contributed by atoms with Crippen molar-refractivity contribution in [1.82, 2.24) is 10.2 Å². The molecule has 1 saturated heterocycles. The van der Waals surface area contributed by atoms with Crippen molar-refractivity contribution in [1.29, 1.82) is 0 Å². The number of benzene rings is 2. The predicted octanol–water partition coefficient (Wildman–Crippen LogP) is 4.44. The van der Waals surface area contributed by atoms with Crippen LogP contribution in [0.3, 0.4) is 0 Å². The Kier molecular flexibility index (Phi) is 9.27. The van der Waals surface area contributed by atoms with Crippen molar-refractivity contribution in [3.8, 4) is 11.5 Å². The largest absolute Gasteiger partial charge is 0.490 e. The van der Waals surface area contributed by atoms with Gasteiger partial charge in [0.1, 0.15) is 6.61 Å². The van der Waals surface area contributed by atoms with Crippen LogP contribution in [0, 0.1) is 6.92 Å². The average Bonchev–Trinajstić information content (AvgIpc) is 2.76. The Hall–Kier alpha value is -1.79. The Morgan fingerprint density at radius 2 is 1.83 bits per heavy atom. The van der Waals surface area contributed by atoms with Crippen LogP contribution in [0.5, 0.6) is 11.5 Å². The lowest BCUT2D eigenvalue weighted by Crippen LogP contribution is -2.37. The number of nitrogens with one attached hydrogen (secondary N) is 1. The topological polar surface area (TPSA) is 43.0 Å². The molecule has 164 valence electrons. The van der Waals surface area contributed by atoms with E-state index in [-0.39, 0.29) is 0 Å². The molecule has 0 bridgehead atoms. The molecule has 0 aromatic heterocycles. The monoisotopic (exact) mass is 432 g/mol. The van der Waals surface area contributed by atoms with Crippen molar-refractivity contribution in [2.45, 2.75) is 33.4 Å². The Labute approximate surface area is 185 Å². The highest BCUT2D eigenvalue weighted by atomic mass is 35.5. The molecule has 0 spiro atoms. The van der Waals surface area contributed by atoms with Crippen molar-refractivity contribution in [2.75, 3.05) is 46.0 Å². The second-order valence-corrected chi connectivity index (χ2v) is 7.93. The van der Waals surface area contributed by atoms with Gasteiger partial charge in [0.15, 0.2) is 11.5 Å². The zero-order chi connectivity index (χ0) is 21.2. The first-order valence-corrected chi connectivity index (χ1v) is 11.2. The highest BCUT2D eigenvalue weighted by Gasteiger charge is 2.13. The summed E-state index contributed by atoms with van der Waals surface area (Å²) in [5, 5.41) is 4.19. The van der Waals surface area contributed by atoms with Crippen LogP contribution >= 0.6 is 11.6 Å². The standard InChI is InChI=1S/C24H33ClN2O3/c1-3-29-23-15-21(17-26-9-6-10-27-11-13-28-14-12-27)22(25)16-24(23)30-18-20-8-5-4-7-19(20)2/h4-5,7-8,15-16,26H,3,6,9-14,17-18H2,1-2H3. The molecule has 1 heterocycles. The number of morpholine rings is 1. The summed E-state index contributed by atoms with van der Waals surface area (Å²) < 4.78 is 17.3. The summed E-state index contributed by atoms with van der Waals surface area (Å²) >= 11 is 6.55. The fourth-order valence-corrected chi connectivity index (χ4v) is 3.72. The number of hydrogen-bond donors (Lipinski definition) is 1. The SMILES string of the molecule is CCOc1cc(CNCCCN2CCOCC2)c(Cl)cc1OCc1ccccc1C. The number of halogens is 1. The maximum Gasteiger partial charge on any atom is 0.163 e. The lowest BCUT2D eigenvalue weighted by atomic mass is 10.1. The van der Waals surface area contributed by atoms with Crippen LogP contribution in [0.2, 0.25) is 5.02 Å². The van der Waals surface area contributed by atoms with E-state index in [1.54, 1.807) is 0 Å². The molecule has 0 radical (unpaired) electrons. The van der Waals surface area contributed by atoms with Gasteiger partial charge in [0, 0.05) is 30.7 Å². The van der Waals surface area contributed by atoms with Gasteiger partial charge >= 0.3 is 0 Å². The first-order valence-electron chi connectivity index (χ1n) is 10.8. The van der Waals surface area contributed by atoms with Crippen LogP contribution < -0.4 is 14.8 Å². The van der Waals surface area contributed by atoms with E-state index in [2.05, 4.69) is 29.3 Å². The van der Waals surface area contributed by atoms with Crippen molar-refractivity contribution in [3.05, 3.63) is 58.1 Å². The van der Waals surface area contributed by atoms with Crippen LogP contribution in [0.1, 0.15) is 30.0 Å². The van der Waals surface area contributed by atoms with E-state index in [9.17, 15) is 0 Å². The van der Waals surface area contributed by atoms with Crippen LogP contribution in [0.4, 0.5) is 0 Å². The van der Waals surface area contributed by atoms with Crippen molar-refractivity contribution < 1.29 is 14.2 Å². The summed E-state index contributed by atoms with van der Waals surface area (Å²) in [5.41, 5.74) is 3.39. The summed E-state index contributed by atoms with van der Waals surface area (Å²) in [4.78, 5) is 2.45. The summed E-state index contributed by atoms with van der Waals surface area (Å²) in [6, 6.07) is 12.1. The Balaban J connectivity index is 1.53. The molecule has 1 fully saturated rings. The first-order chi connectivity index (χ1) is 14.7. The van der Waals surface area contributed by atoms with Gasteiger partial charge in [-0.1, -0.05) is 35.9 Å². The van der Waals surface area contributed by atoms with Gasteiger partial charge in [-0.05, 0) is 56.1 Å². The Morgan fingerprint density at radius 3 is 2.60 bits per heavy atom. The minimum Gasteiger partial charge on any atom is -0.490 e. The number of hydrogen-bond acceptors (Lipinski definition) is 5. The summed E-state index contributed by atoms with van der Waals surface area (Å²) in [6.45, 7) is 11.6. The molecule has 3 rings (SSSR count). The smallest absolute Gasteiger partial charge is 0.163 e. The van der Waals surface area contributed by atoms with Crippen molar-refractivity contribution >= 4 is 11.6 Å². The van der Waals surface area contributed by atoms with Gasteiger partial charge < -0.3 is 19.5 Å². The van der Waals surface area contributed by atoms with Gasteiger partial charge in [0.05, 0.1) is 19.8 Å². The second-order valence-electron chi connectivity index (χ2n) is 7.52. The van der Waals surface area contributed by atoms with Crippen LogP contribution in [-0.4, -0.2) is 50.9 Å². The van der Waals surface area contributed by atoms with Crippen molar-refractivity contribution in [2.24, 2.45) is 0 Å². The van der Waals surface area contributed by atoms with E-state index in [0.717, 1.165) is 62.7 Å². The number of rotatable bonds is 11. The lowest BCUT2D eigenvalue weighted by Gasteiger charge is -2.26. The van der Waals surface area contributed by atoms with E-state index < -0.39 is 0 Å². The van der Waals surface area contributed by atoms with E-state index >= 15 is 0 Å². The van der Waals surface area contributed by atoms with Crippen LogP contribution in [0.25, 0.3) is 0 Å². The first kappa shape index (κ1) is 22.9. The molecule has 30 heavy (non-hydrogen) atoms. The fourth-order valence-electron chi connectivity index (χ4n) is 3.50. The summed E-state index contributed by atoms with van der Waals surface area (Å²) in [7, 11) is 0. The highest BCUT2D eigenvalue weighted by Crippen LogP contribution is 2.34. The van der Waals surface area contributed by atoms with Gasteiger partial charge in [0.2, 0.25) is 0 Å². The normalized spacial score (nSPS) is 14.6. The van der Waals surface area contributed by atoms with Gasteiger partial charge in [-0.25, -0.2) is 0 Å². The minimum absolute atomic E-state index is 0.488. The molecule has 2 aromatic carbocycles. The van der Waals surface area contributed by atoms with E-state index in [4.69, 9.17) is 25.8 Å². The maximum absolute atomic E-state index is 6.55. The molecule has 0 saturated carbocycles. The highest BCUT2D eigenvalue weighted by molar-refractivity contribution is 6.31. The number of ether oxygens (including phenoxy) is 3. The Morgan fingerprint density at radius 1 is 1.07 bits per heavy atom. The molecular weight excluding hydrogens is 400 g/mol. The van der Waals surface area contributed by atoms with Gasteiger partial charge in [-0.2, -0.15) is 0 Å². The molecule has 0 unspecified atom stereocenters. The third kappa shape index (κ3) is 6.88. The summed E-state index contributed by atoms with van der Waals surface area (Å²) in [5.74, 6) is 1.42. The third-order valence-electron chi connectivity index (χ3n) is 5.30. The van der Waals surface area contributed by atoms with Gasteiger partial charge in [-0.15, -0.1) is 0 Å². The molecule has 5 nitrogen and oxygen atoms in total. The van der Waals surface area contributed by atoms with Gasteiger partial charge in [-0.3, -0.25) is 4.90 Å². The van der Waals surface area contributed by atoms with E-state index in [0.29, 0.717) is 30.5 Å². The number of nitrogens with zero attached hydrogens (tertiary/aromatic N) is 1. The molecule has 0 amide bonds. The van der Waals surface area contributed by atoms with Crippen molar-refractivity contribution in [3.63, 3.8) is 0 Å². The predicted molar refractivity (Wildman–Crippen MR) is 122 cm³/mol. The molecule has 0 atom stereocenters. The second kappa shape index (κ2) is 12.2. The molecule has 0 aliphatic carbocycles. The maximum atomic E-state index is 6.55. The summed E-state index contributed by atoms with van der Waals surface area (Å²) in [6.07, 6.45) is 1.10. The van der Waals surface area contributed by atoms with Gasteiger partial charge in [0.25, 0.3) is 0 Å². The minimum atomic E-state index is 0.488. The van der Waals surface area contributed by atoms with Crippen LogP contribution in [0.15, 0.2) is 36.4 Å². The quantitative estimate of drug-likeness (QED) is 0.532. The molecule has 6 heteroatoms. The number of aryl methyl sites for hydroxylation is 1. The lowest BCUT2D eigenvalue weighted by molar-refractivity contribution is 0.0374. The van der Waals surface area contributed by atoms with Crippen LogP contribution in [-0.2, 0) is 17.9 Å². The molecule has 1 aliphatic heterocycles. The van der Waals surface area contributed by atoms with E-state index in [1.165, 1.54) is 5.56 Å². The third-order valence-corrected chi connectivity index (χ3v) is 5.66. The molecule has 1 aliphatic rings. The Bertz CT molecular complexity index is 794. The molecule has 2 aromatic rings. The zero-order valence-electron chi connectivity index (χ0n) is 18.1. The average molecular weight is 433 g/mol.